The van der Waals surface area contributed by atoms with Gasteiger partial charge >= 0.3 is 0 Å². The van der Waals surface area contributed by atoms with Crippen molar-refractivity contribution < 1.29 is 19.1 Å². The first-order valence-electron chi connectivity index (χ1n) is 11.0. The van der Waals surface area contributed by atoms with Crippen molar-refractivity contribution >= 4 is 17.9 Å². The minimum Gasteiger partial charge on any atom is -0.493 e. The molecule has 0 aliphatic heterocycles. The summed E-state index contributed by atoms with van der Waals surface area (Å²) in [5.41, 5.74) is 4.65. The Balaban J connectivity index is 1.73. The van der Waals surface area contributed by atoms with Crippen molar-refractivity contribution in [1.82, 2.24) is 10.6 Å². The zero-order chi connectivity index (χ0) is 24.5. The smallest absolute Gasteiger partial charge is 0.267 e. The van der Waals surface area contributed by atoms with E-state index < -0.39 is 0 Å². The van der Waals surface area contributed by atoms with E-state index in [0.29, 0.717) is 30.0 Å². The third-order valence-corrected chi connectivity index (χ3v) is 5.34. The summed E-state index contributed by atoms with van der Waals surface area (Å²) in [6.07, 6.45) is 2.27. The SMILES string of the molecule is COc1ccc(CCNC(=O)/C(=C/c2ccc(C)cc2)NC(=O)c2ccc(C)cc2)cc1OC. The number of benzene rings is 3. The fourth-order valence-electron chi connectivity index (χ4n) is 3.34. The summed E-state index contributed by atoms with van der Waals surface area (Å²) in [5, 5.41) is 5.67. The molecular weight excluding hydrogens is 428 g/mol. The number of aryl methyl sites for hydroxylation is 2. The van der Waals surface area contributed by atoms with Crippen LogP contribution in [0.4, 0.5) is 0 Å². The molecule has 0 aliphatic rings. The summed E-state index contributed by atoms with van der Waals surface area (Å²) in [6.45, 7) is 4.34. The lowest BCUT2D eigenvalue weighted by Crippen LogP contribution is -2.35. The molecule has 0 fully saturated rings. The third-order valence-electron chi connectivity index (χ3n) is 5.34. The summed E-state index contributed by atoms with van der Waals surface area (Å²) in [7, 11) is 3.17. The molecule has 0 bridgehead atoms. The molecule has 6 heteroatoms. The Hall–Kier alpha value is -4.06. The maximum atomic E-state index is 13.0. The highest BCUT2D eigenvalue weighted by molar-refractivity contribution is 6.05. The van der Waals surface area contributed by atoms with Gasteiger partial charge in [-0.1, -0.05) is 53.6 Å². The number of ether oxygens (including phenoxy) is 2. The Kier molecular flexibility index (Phi) is 8.46. The Labute approximate surface area is 200 Å². The summed E-state index contributed by atoms with van der Waals surface area (Å²) in [5.74, 6) is 0.587. The van der Waals surface area contributed by atoms with Crippen molar-refractivity contribution in [1.29, 1.82) is 0 Å². The first-order chi connectivity index (χ1) is 16.4. The molecule has 0 radical (unpaired) electrons. The summed E-state index contributed by atoms with van der Waals surface area (Å²) in [6, 6.07) is 20.6. The molecule has 0 aromatic heterocycles. The zero-order valence-electron chi connectivity index (χ0n) is 20.0. The van der Waals surface area contributed by atoms with Gasteiger partial charge in [0.05, 0.1) is 14.2 Å². The number of carbonyl (C=O) groups is 2. The molecule has 0 saturated heterocycles. The predicted molar refractivity (Wildman–Crippen MR) is 134 cm³/mol. The highest BCUT2D eigenvalue weighted by Gasteiger charge is 2.15. The van der Waals surface area contributed by atoms with Gasteiger partial charge in [0.1, 0.15) is 5.70 Å². The minimum atomic E-state index is -0.360. The van der Waals surface area contributed by atoms with Crippen LogP contribution in [0.15, 0.2) is 72.4 Å². The molecule has 2 amide bonds. The van der Waals surface area contributed by atoms with Crippen LogP contribution in [0.25, 0.3) is 6.08 Å². The van der Waals surface area contributed by atoms with E-state index >= 15 is 0 Å². The molecule has 3 aromatic carbocycles. The number of rotatable bonds is 9. The average Bonchev–Trinajstić information content (AvgIpc) is 2.85. The maximum absolute atomic E-state index is 13.0. The average molecular weight is 459 g/mol. The molecule has 0 aliphatic carbocycles. The highest BCUT2D eigenvalue weighted by Crippen LogP contribution is 2.27. The zero-order valence-corrected chi connectivity index (χ0v) is 20.0. The molecule has 0 spiro atoms. The van der Waals surface area contributed by atoms with Crippen LogP contribution in [0, 0.1) is 13.8 Å². The van der Waals surface area contributed by atoms with Gasteiger partial charge in [0.15, 0.2) is 11.5 Å². The second-order valence-electron chi connectivity index (χ2n) is 7.98. The Morgan fingerprint density at radius 2 is 1.44 bits per heavy atom. The molecule has 2 N–H and O–H groups in total. The van der Waals surface area contributed by atoms with Crippen LogP contribution in [-0.2, 0) is 11.2 Å². The summed E-state index contributed by atoms with van der Waals surface area (Å²) >= 11 is 0. The van der Waals surface area contributed by atoms with Crippen molar-refractivity contribution in [2.45, 2.75) is 20.3 Å². The van der Waals surface area contributed by atoms with Gasteiger partial charge in [0, 0.05) is 12.1 Å². The monoisotopic (exact) mass is 458 g/mol. The molecule has 34 heavy (non-hydrogen) atoms. The Bertz CT molecular complexity index is 1170. The topological polar surface area (TPSA) is 76.7 Å². The van der Waals surface area contributed by atoms with Gasteiger partial charge in [-0.3, -0.25) is 9.59 Å². The molecule has 3 rings (SSSR count). The van der Waals surface area contributed by atoms with Crippen LogP contribution >= 0.6 is 0 Å². The molecule has 0 atom stereocenters. The number of carbonyl (C=O) groups excluding carboxylic acids is 2. The van der Waals surface area contributed by atoms with Gasteiger partial charge in [0.2, 0.25) is 0 Å². The van der Waals surface area contributed by atoms with Crippen molar-refractivity contribution in [3.8, 4) is 11.5 Å². The Morgan fingerprint density at radius 3 is 2.06 bits per heavy atom. The van der Waals surface area contributed by atoms with E-state index in [1.807, 2.05) is 68.4 Å². The van der Waals surface area contributed by atoms with Gasteiger partial charge < -0.3 is 20.1 Å². The van der Waals surface area contributed by atoms with Crippen molar-refractivity contribution in [3.05, 3.63) is 100 Å². The fraction of sp³-hybridized carbons (Fsp3) is 0.214. The minimum absolute atomic E-state index is 0.182. The lowest BCUT2D eigenvalue weighted by molar-refractivity contribution is -0.117. The third kappa shape index (κ3) is 6.72. The summed E-state index contributed by atoms with van der Waals surface area (Å²) in [4.78, 5) is 25.8. The molecule has 176 valence electrons. The van der Waals surface area contributed by atoms with Crippen LogP contribution in [0.3, 0.4) is 0 Å². The van der Waals surface area contributed by atoms with Crippen LogP contribution in [0.1, 0.15) is 32.6 Å². The van der Waals surface area contributed by atoms with Crippen molar-refractivity contribution in [2.24, 2.45) is 0 Å². The highest BCUT2D eigenvalue weighted by atomic mass is 16.5. The maximum Gasteiger partial charge on any atom is 0.267 e. The van der Waals surface area contributed by atoms with E-state index in [0.717, 1.165) is 22.3 Å². The predicted octanol–water partition coefficient (Wildman–Crippen LogP) is 4.45. The number of amides is 2. The fourth-order valence-corrected chi connectivity index (χ4v) is 3.34. The molecular formula is C28H30N2O4. The molecule has 3 aromatic rings. The van der Waals surface area contributed by atoms with Gasteiger partial charge in [-0.2, -0.15) is 0 Å². The molecule has 0 saturated carbocycles. The first-order valence-corrected chi connectivity index (χ1v) is 11.0. The second-order valence-corrected chi connectivity index (χ2v) is 7.98. The van der Waals surface area contributed by atoms with Gasteiger partial charge in [-0.05, 0) is 61.7 Å². The normalized spacial score (nSPS) is 11.0. The van der Waals surface area contributed by atoms with Gasteiger partial charge in [-0.15, -0.1) is 0 Å². The van der Waals surface area contributed by atoms with E-state index in [9.17, 15) is 9.59 Å². The lowest BCUT2D eigenvalue weighted by Gasteiger charge is -2.13. The van der Waals surface area contributed by atoms with Crippen LogP contribution in [0.5, 0.6) is 11.5 Å². The number of hydrogen-bond donors (Lipinski definition) is 2. The summed E-state index contributed by atoms with van der Waals surface area (Å²) < 4.78 is 10.6. The van der Waals surface area contributed by atoms with Gasteiger partial charge in [-0.25, -0.2) is 0 Å². The molecule has 0 unspecified atom stereocenters. The van der Waals surface area contributed by atoms with E-state index in [1.165, 1.54) is 0 Å². The first kappa shape index (κ1) is 24.6. The standard InChI is InChI=1S/C28H30N2O4/c1-19-5-9-21(10-6-19)17-24(30-27(31)23-12-7-20(2)8-13-23)28(32)29-16-15-22-11-14-25(33-3)26(18-22)34-4/h5-14,17-18H,15-16H2,1-4H3,(H,29,32)(H,30,31)/b24-17-. The van der Waals surface area contributed by atoms with E-state index in [2.05, 4.69) is 10.6 Å². The lowest BCUT2D eigenvalue weighted by atomic mass is 10.1. The Morgan fingerprint density at radius 1 is 0.824 bits per heavy atom. The second kappa shape index (κ2) is 11.7. The largest absolute Gasteiger partial charge is 0.493 e. The van der Waals surface area contributed by atoms with Crippen LogP contribution in [0.2, 0.25) is 0 Å². The number of hydrogen-bond acceptors (Lipinski definition) is 4. The van der Waals surface area contributed by atoms with E-state index in [1.54, 1.807) is 32.4 Å². The van der Waals surface area contributed by atoms with Crippen molar-refractivity contribution in [3.63, 3.8) is 0 Å². The molecule has 0 heterocycles. The molecule has 6 nitrogen and oxygen atoms in total. The van der Waals surface area contributed by atoms with Gasteiger partial charge in [0.25, 0.3) is 11.8 Å². The van der Waals surface area contributed by atoms with Crippen LogP contribution in [-0.4, -0.2) is 32.6 Å². The van der Waals surface area contributed by atoms with Crippen molar-refractivity contribution in [2.75, 3.05) is 20.8 Å². The van der Waals surface area contributed by atoms with Crippen LogP contribution < -0.4 is 20.1 Å². The van der Waals surface area contributed by atoms with E-state index in [-0.39, 0.29) is 17.5 Å². The quantitative estimate of drug-likeness (QED) is 0.465. The number of methoxy groups -OCH3 is 2. The number of nitrogens with one attached hydrogen (secondary N) is 2. The van der Waals surface area contributed by atoms with E-state index in [4.69, 9.17) is 9.47 Å².